The van der Waals surface area contributed by atoms with Crippen LogP contribution in [0.3, 0.4) is 0 Å². The van der Waals surface area contributed by atoms with Crippen LogP contribution in [0, 0.1) is 0 Å². The third-order valence-electron chi connectivity index (χ3n) is 2.05. The quantitative estimate of drug-likeness (QED) is 0.515. The first-order chi connectivity index (χ1) is 8.88. The molecule has 0 aliphatic rings. The van der Waals surface area contributed by atoms with Crippen LogP contribution in [0.4, 0.5) is 0 Å². The molecule has 106 valence electrons. The summed E-state index contributed by atoms with van der Waals surface area (Å²) < 4.78 is 30.3. The Labute approximate surface area is 114 Å². The largest absolute Gasteiger partial charge is 0.464 e. The predicted octanol–water partition coefficient (Wildman–Crippen LogP) is -0.526. The molecule has 3 N–H and O–H groups in total. The molecular weight excluding hydrogens is 294 g/mol. The first kappa shape index (κ1) is 15.5. The molecule has 10 heteroatoms. The van der Waals surface area contributed by atoms with E-state index in [0.29, 0.717) is 0 Å². The van der Waals surface area contributed by atoms with Crippen LogP contribution in [0.2, 0.25) is 0 Å². The lowest BCUT2D eigenvalue weighted by atomic mass is 10.3. The van der Waals surface area contributed by atoms with Crippen LogP contribution >= 0.6 is 11.3 Å². The first-order valence-electron chi connectivity index (χ1n) is 5.18. The van der Waals surface area contributed by atoms with Crippen LogP contribution in [0.5, 0.6) is 0 Å². The van der Waals surface area contributed by atoms with Gasteiger partial charge in [-0.2, -0.15) is 0 Å². The summed E-state index contributed by atoms with van der Waals surface area (Å²) in [5.74, 6) is -1.33. The molecule has 0 aromatic carbocycles. The number of rotatable bonds is 7. The Balaban J connectivity index is 2.75. The standard InChI is InChI=1S/C9H13N3O5S2/c1-17-8(14)7-9(18-5-11-7)19(15,16)12-4-2-3-6(10)13/h5,12H,2-4H2,1H3,(H2,10,13). The normalized spacial score (nSPS) is 11.2. The molecular formula is C9H13N3O5S2. The maximum Gasteiger partial charge on any atom is 0.358 e. The number of aromatic nitrogens is 1. The minimum atomic E-state index is -3.85. The van der Waals surface area contributed by atoms with Crippen molar-refractivity contribution in [3.05, 3.63) is 11.2 Å². The first-order valence-corrected chi connectivity index (χ1v) is 7.54. The second-order valence-electron chi connectivity index (χ2n) is 3.45. The molecule has 1 rings (SSSR count). The monoisotopic (exact) mass is 307 g/mol. The average molecular weight is 307 g/mol. The van der Waals surface area contributed by atoms with E-state index in [-0.39, 0.29) is 29.3 Å². The maximum absolute atomic E-state index is 11.9. The molecule has 0 unspecified atom stereocenters. The van der Waals surface area contributed by atoms with Crippen molar-refractivity contribution < 1.29 is 22.7 Å². The van der Waals surface area contributed by atoms with Crippen molar-refractivity contribution in [3.63, 3.8) is 0 Å². The summed E-state index contributed by atoms with van der Waals surface area (Å²) in [5, 5.41) is 0. The molecule has 0 radical (unpaired) electrons. The van der Waals surface area contributed by atoms with Crippen molar-refractivity contribution in [3.8, 4) is 0 Å². The fourth-order valence-corrected chi connectivity index (χ4v) is 3.44. The number of thiazole rings is 1. The third kappa shape index (κ3) is 4.26. The van der Waals surface area contributed by atoms with Gasteiger partial charge in [0.05, 0.1) is 12.6 Å². The number of methoxy groups -OCH3 is 1. The van der Waals surface area contributed by atoms with Crippen molar-refractivity contribution in [2.24, 2.45) is 5.73 Å². The van der Waals surface area contributed by atoms with Gasteiger partial charge in [-0.15, -0.1) is 11.3 Å². The van der Waals surface area contributed by atoms with Crippen molar-refractivity contribution >= 4 is 33.2 Å². The molecule has 1 aromatic heterocycles. The van der Waals surface area contributed by atoms with Gasteiger partial charge in [-0.25, -0.2) is 22.9 Å². The molecule has 8 nitrogen and oxygen atoms in total. The zero-order valence-electron chi connectivity index (χ0n) is 10.1. The number of carbonyl (C=O) groups is 2. The number of nitrogens with two attached hydrogens (primary N) is 1. The minimum Gasteiger partial charge on any atom is -0.464 e. The highest BCUT2D eigenvalue weighted by Gasteiger charge is 2.26. The lowest BCUT2D eigenvalue weighted by Gasteiger charge is -2.05. The summed E-state index contributed by atoms with van der Waals surface area (Å²) in [7, 11) is -2.71. The van der Waals surface area contributed by atoms with E-state index in [1.807, 2.05) is 0 Å². The number of esters is 1. The van der Waals surface area contributed by atoms with E-state index in [4.69, 9.17) is 5.73 Å². The highest BCUT2D eigenvalue weighted by molar-refractivity contribution is 7.91. The van der Waals surface area contributed by atoms with E-state index in [9.17, 15) is 18.0 Å². The molecule has 0 aliphatic heterocycles. The molecule has 19 heavy (non-hydrogen) atoms. The minimum absolute atomic E-state index is 0.0454. The zero-order valence-corrected chi connectivity index (χ0v) is 11.7. The molecule has 0 bridgehead atoms. The van der Waals surface area contributed by atoms with Crippen LogP contribution in [-0.2, 0) is 19.6 Å². The Morgan fingerprint density at radius 1 is 1.53 bits per heavy atom. The van der Waals surface area contributed by atoms with E-state index < -0.39 is 21.9 Å². The molecule has 0 spiro atoms. The summed E-state index contributed by atoms with van der Waals surface area (Å²) in [6, 6.07) is 0. The second kappa shape index (κ2) is 6.59. The summed E-state index contributed by atoms with van der Waals surface area (Å²) >= 11 is 0.810. The molecule has 1 aromatic rings. The Morgan fingerprint density at radius 3 is 2.79 bits per heavy atom. The molecule has 0 atom stereocenters. The molecule has 0 saturated carbocycles. The van der Waals surface area contributed by atoms with Gasteiger partial charge in [-0.3, -0.25) is 4.79 Å². The number of primary amides is 1. The molecule has 1 heterocycles. The average Bonchev–Trinajstić information content (AvgIpc) is 2.83. The fourth-order valence-electron chi connectivity index (χ4n) is 1.19. The van der Waals surface area contributed by atoms with Crippen LogP contribution in [0.25, 0.3) is 0 Å². The highest BCUT2D eigenvalue weighted by atomic mass is 32.2. The summed E-state index contributed by atoms with van der Waals surface area (Å²) in [5.41, 5.74) is 5.92. The van der Waals surface area contributed by atoms with E-state index in [0.717, 1.165) is 18.4 Å². The van der Waals surface area contributed by atoms with Crippen LogP contribution in [0.1, 0.15) is 23.3 Å². The van der Waals surface area contributed by atoms with Crippen molar-refractivity contribution in [2.45, 2.75) is 17.1 Å². The van der Waals surface area contributed by atoms with Gasteiger partial charge in [-0.05, 0) is 6.42 Å². The number of hydrogen-bond acceptors (Lipinski definition) is 7. The number of ether oxygens (including phenoxy) is 1. The van der Waals surface area contributed by atoms with Crippen LogP contribution in [-0.4, -0.2) is 38.9 Å². The Morgan fingerprint density at radius 2 is 2.21 bits per heavy atom. The lowest BCUT2D eigenvalue weighted by Crippen LogP contribution is -2.26. The topological polar surface area (TPSA) is 128 Å². The lowest BCUT2D eigenvalue weighted by molar-refractivity contribution is -0.118. The third-order valence-corrected chi connectivity index (χ3v) is 4.88. The van der Waals surface area contributed by atoms with Crippen molar-refractivity contribution in [1.29, 1.82) is 0 Å². The summed E-state index contributed by atoms with van der Waals surface area (Å²) in [6.45, 7) is 0.0454. The summed E-state index contributed by atoms with van der Waals surface area (Å²) in [4.78, 5) is 25.5. The van der Waals surface area contributed by atoms with Crippen LogP contribution < -0.4 is 10.5 Å². The second-order valence-corrected chi connectivity index (χ2v) is 6.26. The number of hydrogen-bond donors (Lipinski definition) is 2. The van der Waals surface area contributed by atoms with Crippen molar-refractivity contribution in [1.82, 2.24) is 9.71 Å². The fraction of sp³-hybridized carbons (Fsp3) is 0.444. The number of sulfonamides is 1. The van der Waals surface area contributed by atoms with Gasteiger partial charge in [0, 0.05) is 13.0 Å². The Hall–Kier alpha value is -1.52. The van der Waals surface area contributed by atoms with Gasteiger partial charge >= 0.3 is 5.97 Å². The maximum atomic E-state index is 11.9. The van der Waals surface area contributed by atoms with E-state index >= 15 is 0 Å². The smallest absolute Gasteiger partial charge is 0.358 e. The van der Waals surface area contributed by atoms with Gasteiger partial charge in [0.15, 0.2) is 9.90 Å². The van der Waals surface area contributed by atoms with Crippen molar-refractivity contribution in [2.75, 3.05) is 13.7 Å². The Kier molecular flexibility index (Phi) is 5.39. The number of carbonyl (C=O) groups excluding carboxylic acids is 2. The van der Waals surface area contributed by atoms with Gasteiger partial charge in [-0.1, -0.05) is 0 Å². The Bertz CT molecular complexity index is 566. The molecule has 1 amide bonds. The highest BCUT2D eigenvalue weighted by Crippen LogP contribution is 2.20. The van der Waals surface area contributed by atoms with E-state index in [1.165, 1.54) is 5.51 Å². The number of nitrogens with one attached hydrogen (secondary N) is 1. The van der Waals surface area contributed by atoms with E-state index in [2.05, 4.69) is 14.4 Å². The molecule has 0 fully saturated rings. The predicted molar refractivity (Wildman–Crippen MR) is 67.1 cm³/mol. The molecule has 0 aliphatic carbocycles. The van der Waals surface area contributed by atoms with Crippen LogP contribution in [0.15, 0.2) is 9.72 Å². The SMILES string of the molecule is COC(=O)c1ncsc1S(=O)(=O)NCCCC(N)=O. The van der Waals surface area contributed by atoms with Gasteiger partial charge in [0.2, 0.25) is 5.91 Å². The number of amides is 1. The van der Waals surface area contributed by atoms with Gasteiger partial charge in [0.1, 0.15) is 0 Å². The molecule has 0 saturated heterocycles. The zero-order chi connectivity index (χ0) is 14.5. The van der Waals surface area contributed by atoms with Gasteiger partial charge in [0.25, 0.3) is 10.0 Å². The van der Waals surface area contributed by atoms with Gasteiger partial charge < -0.3 is 10.5 Å². The van der Waals surface area contributed by atoms with E-state index in [1.54, 1.807) is 0 Å². The summed E-state index contributed by atoms with van der Waals surface area (Å²) in [6.07, 6.45) is 0.357. The number of nitrogens with zero attached hydrogens (tertiary/aromatic N) is 1.